The molecule has 0 bridgehead atoms. The molecule has 3 aromatic rings. The standard InChI is InChI=1S/C23H25F3N4OS/c24-23(25,26)15-27-21(31)14-32-22-29-28-20(30(22)18-10-2-1-3-11-18)13-17-9-6-8-16-7-4-5-12-19(16)17/h4-9,12,18H,1-3,10-11,13-15H2,(H,27,31). The maximum atomic E-state index is 12.4. The van der Waals surface area contributed by atoms with E-state index in [2.05, 4.69) is 39.0 Å². The summed E-state index contributed by atoms with van der Waals surface area (Å²) in [4.78, 5) is 11.9. The number of alkyl halides is 3. The second-order valence-electron chi connectivity index (χ2n) is 8.06. The molecule has 9 heteroatoms. The Hall–Kier alpha value is -2.55. The van der Waals surface area contributed by atoms with Gasteiger partial charge in [0.1, 0.15) is 12.4 Å². The van der Waals surface area contributed by atoms with E-state index in [4.69, 9.17) is 0 Å². The van der Waals surface area contributed by atoms with Crippen LogP contribution in [0.15, 0.2) is 47.6 Å². The topological polar surface area (TPSA) is 59.8 Å². The van der Waals surface area contributed by atoms with E-state index < -0.39 is 18.6 Å². The maximum absolute atomic E-state index is 12.4. The van der Waals surface area contributed by atoms with Gasteiger partial charge in [0, 0.05) is 12.5 Å². The Bertz CT molecular complexity index is 1070. The number of aromatic nitrogens is 3. The molecule has 1 aliphatic rings. The molecule has 170 valence electrons. The molecule has 1 aliphatic carbocycles. The molecule has 1 saturated carbocycles. The highest BCUT2D eigenvalue weighted by Crippen LogP contribution is 2.33. The van der Waals surface area contributed by atoms with Crippen molar-refractivity contribution in [1.29, 1.82) is 0 Å². The number of carbonyl (C=O) groups excluding carboxylic acids is 1. The number of amides is 1. The fraction of sp³-hybridized carbons (Fsp3) is 0.435. The van der Waals surface area contributed by atoms with Gasteiger partial charge >= 0.3 is 6.18 Å². The van der Waals surface area contributed by atoms with Crippen molar-refractivity contribution in [3.8, 4) is 0 Å². The monoisotopic (exact) mass is 462 g/mol. The van der Waals surface area contributed by atoms with Crippen LogP contribution in [0.5, 0.6) is 0 Å². The summed E-state index contributed by atoms with van der Waals surface area (Å²) in [6, 6.07) is 14.6. The van der Waals surface area contributed by atoms with Gasteiger partial charge < -0.3 is 9.88 Å². The zero-order chi connectivity index (χ0) is 22.6. The van der Waals surface area contributed by atoms with Gasteiger partial charge in [0.15, 0.2) is 5.16 Å². The lowest BCUT2D eigenvalue weighted by Gasteiger charge is -2.25. The summed E-state index contributed by atoms with van der Waals surface area (Å²) >= 11 is 1.14. The van der Waals surface area contributed by atoms with E-state index in [-0.39, 0.29) is 11.8 Å². The number of rotatable bonds is 7. The second kappa shape index (κ2) is 9.94. The summed E-state index contributed by atoms with van der Waals surface area (Å²) in [5.41, 5.74) is 1.15. The largest absolute Gasteiger partial charge is 0.405 e. The first-order valence-electron chi connectivity index (χ1n) is 10.8. The first-order chi connectivity index (χ1) is 15.4. The SMILES string of the molecule is O=C(CSc1nnc(Cc2cccc3ccccc23)n1C1CCCCC1)NCC(F)(F)F. The highest BCUT2D eigenvalue weighted by molar-refractivity contribution is 7.99. The first kappa shape index (κ1) is 22.6. The van der Waals surface area contributed by atoms with Crippen LogP contribution in [0.25, 0.3) is 10.8 Å². The average molecular weight is 463 g/mol. The Morgan fingerprint density at radius 3 is 2.59 bits per heavy atom. The van der Waals surface area contributed by atoms with E-state index in [9.17, 15) is 18.0 Å². The Labute approximate surface area is 188 Å². The Morgan fingerprint density at radius 2 is 1.81 bits per heavy atom. The minimum Gasteiger partial charge on any atom is -0.346 e. The number of hydrogen-bond acceptors (Lipinski definition) is 4. The van der Waals surface area contributed by atoms with Gasteiger partial charge in [-0.25, -0.2) is 0 Å². The van der Waals surface area contributed by atoms with E-state index in [0.29, 0.717) is 11.6 Å². The van der Waals surface area contributed by atoms with Gasteiger partial charge in [0.05, 0.1) is 5.75 Å². The number of benzene rings is 2. The Balaban J connectivity index is 1.56. The van der Waals surface area contributed by atoms with Gasteiger partial charge in [-0.05, 0) is 29.2 Å². The number of carbonyl (C=O) groups is 1. The van der Waals surface area contributed by atoms with Crippen molar-refractivity contribution >= 4 is 28.4 Å². The number of nitrogens with zero attached hydrogens (tertiary/aromatic N) is 3. The van der Waals surface area contributed by atoms with Crippen LogP contribution in [0.4, 0.5) is 13.2 Å². The number of halogens is 3. The van der Waals surface area contributed by atoms with E-state index in [1.54, 1.807) is 0 Å². The molecular formula is C23H25F3N4OS. The molecule has 0 atom stereocenters. The van der Waals surface area contributed by atoms with Crippen LogP contribution in [0, 0.1) is 0 Å². The number of thioether (sulfide) groups is 1. The molecule has 0 spiro atoms. The summed E-state index contributed by atoms with van der Waals surface area (Å²) in [6.45, 7) is -1.33. The number of hydrogen-bond donors (Lipinski definition) is 1. The van der Waals surface area contributed by atoms with Crippen LogP contribution in [0.2, 0.25) is 0 Å². The molecule has 4 rings (SSSR count). The predicted octanol–water partition coefficient (Wildman–Crippen LogP) is 5.30. The molecule has 0 saturated heterocycles. The van der Waals surface area contributed by atoms with Gasteiger partial charge in [-0.2, -0.15) is 13.2 Å². The zero-order valence-corrected chi connectivity index (χ0v) is 18.4. The molecule has 0 radical (unpaired) electrons. The van der Waals surface area contributed by atoms with Crippen molar-refractivity contribution in [1.82, 2.24) is 20.1 Å². The van der Waals surface area contributed by atoms with Gasteiger partial charge in [0.25, 0.3) is 0 Å². The third-order valence-corrected chi connectivity index (χ3v) is 6.66. The Kier molecular flexibility index (Phi) is 7.03. The number of fused-ring (bicyclic) bond motifs is 1. The molecule has 1 N–H and O–H groups in total. The quantitative estimate of drug-likeness (QED) is 0.484. The van der Waals surface area contributed by atoms with Crippen LogP contribution in [-0.2, 0) is 11.2 Å². The molecule has 1 aromatic heterocycles. The summed E-state index contributed by atoms with van der Waals surface area (Å²) in [5.74, 6) is 0.0300. The van der Waals surface area contributed by atoms with Gasteiger partial charge in [-0.15, -0.1) is 10.2 Å². The third-order valence-electron chi connectivity index (χ3n) is 5.72. The lowest BCUT2D eigenvalue weighted by Crippen LogP contribution is -2.34. The van der Waals surface area contributed by atoms with Crippen LogP contribution < -0.4 is 5.32 Å². The summed E-state index contributed by atoms with van der Waals surface area (Å²) in [5, 5.41) is 13.6. The van der Waals surface area contributed by atoms with Gasteiger partial charge in [-0.3, -0.25) is 4.79 Å². The van der Waals surface area contributed by atoms with Crippen molar-refractivity contribution in [2.75, 3.05) is 12.3 Å². The van der Waals surface area contributed by atoms with Crippen molar-refractivity contribution in [3.05, 3.63) is 53.9 Å². The van der Waals surface area contributed by atoms with Crippen LogP contribution in [-0.4, -0.2) is 39.1 Å². The van der Waals surface area contributed by atoms with Crippen LogP contribution in [0.1, 0.15) is 49.5 Å². The minimum atomic E-state index is -4.42. The van der Waals surface area contributed by atoms with E-state index in [1.165, 1.54) is 6.42 Å². The van der Waals surface area contributed by atoms with Crippen molar-refractivity contribution < 1.29 is 18.0 Å². The highest BCUT2D eigenvalue weighted by atomic mass is 32.2. The third kappa shape index (κ3) is 5.62. The smallest absolute Gasteiger partial charge is 0.346 e. The van der Waals surface area contributed by atoms with Crippen molar-refractivity contribution in [2.45, 2.75) is 55.9 Å². The van der Waals surface area contributed by atoms with Crippen LogP contribution in [0.3, 0.4) is 0 Å². The van der Waals surface area contributed by atoms with E-state index >= 15 is 0 Å². The predicted molar refractivity (Wildman–Crippen MR) is 119 cm³/mol. The summed E-state index contributed by atoms with van der Waals surface area (Å²) in [6.07, 6.45) is 1.63. The Morgan fingerprint density at radius 1 is 1.06 bits per heavy atom. The number of nitrogens with one attached hydrogen (secondary N) is 1. The van der Waals surface area contributed by atoms with Gasteiger partial charge in [-0.1, -0.05) is 73.5 Å². The van der Waals surface area contributed by atoms with Crippen molar-refractivity contribution in [3.63, 3.8) is 0 Å². The maximum Gasteiger partial charge on any atom is 0.405 e. The lowest BCUT2D eigenvalue weighted by atomic mass is 9.95. The van der Waals surface area contributed by atoms with E-state index in [0.717, 1.165) is 59.6 Å². The minimum absolute atomic E-state index is 0.130. The summed E-state index contributed by atoms with van der Waals surface area (Å²) in [7, 11) is 0. The molecule has 5 nitrogen and oxygen atoms in total. The average Bonchev–Trinajstić information content (AvgIpc) is 3.19. The van der Waals surface area contributed by atoms with Gasteiger partial charge in [0.2, 0.25) is 5.91 Å². The molecule has 0 unspecified atom stereocenters. The first-order valence-corrected chi connectivity index (χ1v) is 11.8. The fourth-order valence-corrected chi connectivity index (χ4v) is 5.08. The molecule has 32 heavy (non-hydrogen) atoms. The molecule has 1 heterocycles. The van der Waals surface area contributed by atoms with Crippen LogP contribution >= 0.6 is 11.8 Å². The van der Waals surface area contributed by atoms with Crippen molar-refractivity contribution in [2.24, 2.45) is 0 Å². The highest BCUT2D eigenvalue weighted by Gasteiger charge is 2.28. The molecule has 1 amide bonds. The summed E-state index contributed by atoms with van der Waals surface area (Å²) < 4.78 is 39.2. The molecular weight excluding hydrogens is 437 g/mol. The molecule has 0 aliphatic heterocycles. The molecule has 1 fully saturated rings. The lowest BCUT2D eigenvalue weighted by molar-refractivity contribution is -0.136. The fourth-order valence-electron chi connectivity index (χ4n) is 4.23. The normalized spacial score (nSPS) is 15.2. The molecule has 2 aromatic carbocycles. The zero-order valence-electron chi connectivity index (χ0n) is 17.6. The van der Waals surface area contributed by atoms with E-state index in [1.807, 2.05) is 23.5 Å². The second-order valence-corrected chi connectivity index (χ2v) is 9.00.